The molecule has 1 fully saturated rings. The fourth-order valence-electron chi connectivity index (χ4n) is 5.87. The van der Waals surface area contributed by atoms with Gasteiger partial charge in [-0.1, -0.05) is 73.5 Å². The molecule has 0 spiro atoms. The van der Waals surface area contributed by atoms with Gasteiger partial charge >= 0.3 is 0 Å². The lowest BCUT2D eigenvalue weighted by atomic mass is 9.88. The fraction of sp³-hybridized carbons (Fsp3) is 0.333. The van der Waals surface area contributed by atoms with Crippen LogP contribution in [0.5, 0.6) is 0 Å². The minimum atomic E-state index is -1.27. The Kier molecular flexibility index (Phi) is 6.35. The standard InChI is InChI=1S/C30H30INO/c1-2-19-32(21-17-24(22-32)23-13-15-25(31)16-14-23)20-8-7-18-30(33)28-11-5-3-9-26(28)27-10-4-6-12-29(27)30/h3-6,9-16,24H,2,17-22H2,1H3. The van der Waals surface area contributed by atoms with Crippen molar-refractivity contribution in [3.8, 4) is 23.0 Å². The number of halogens is 1. The lowest BCUT2D eigenvalue weighted by Gasteiger charge is -2.37. The second-order valence-corrected chi connectivity index (χ2v) is 10.9. The molecule has 0 saturated carbocycles. The first-order valence-corrected chi connectivity index (χ1v) is 13.1. The fourth-order valence-corrected chi connectivity index (χ4v) is 6.23. The monoisotopic (exact) mass is 547 g/mol. The lowest BCUT2D eigenvalue weighted by Crippen LogP contribution is -2.46. The second-order valence-electron chi connectivity index (χ2n) is 9.62. The van der Waals surface area contributed by atoms with E-state index in [1.165, 1.54) is 22.1 Å². The zero-order chi connectivity index (χ0) is 22.9. The maximum Gasteiger partial charge on any atom is 0.140 e. The molecule has 1 aliphatic carbocycles. The lowest BCUT2D eigenvalue weighted by molar-refractivity contribution is -0.910. The third-order valence-corrected chi connectivity index (χ3v) is 8.21. The van der Waals surface area contributed by atoms with Crippen LogP contribution in [0.1, 0.15) is 48.8 Å². The largest absolute Gasteiger partial charge is 0.842 e. The van der Waals surface area contributed by atoms with Gasteiger partial charge in [-0.3, -0.25) is 0 Å². The van der Waals surface area contributed by atoms with Crippen LogP contribution in [-0.2, 0) is 5.60 Å². The molecule has 1 heterocycles. The van der Waals surface area contributed by atoms with Crippen LogP contribution < -0.4 is 5.11 Å². The average Bonchev–Trinajstić information content (AvgIpc) is 3.37. The van der Waals surface area contributed by atoms with Gasteiger partial charge in [0.05, 0.1) is 19.6 Å². The van der Waals surface area contributed by atoms with E-state index in [0.717, 1.165) is 52.8 Å². The first-order chi connectivity index (χ1) is 16.0. The molecule has 2 aliphatic rings. The summed E-state index contributed by atoms with van der Waals surface area (Å²) in [6.07, 6.45) is 2.70. The number of benzene rings is 3. The number of rotatable bonds is 5. The zero-order valence-electron chi connectivity index (χ0n) is 19.2. The highest BCUT2D eigenvalue weighted by molar-refractivity contribution is 14.1. The highest BCUT2D eigenvalue weighted by atomic mass is 127. The zero-order valence-corrected chi connectivity index (χ0v) is 21.3. The van der Waals surface area contributed by atoms with Crippen molar-refractivity contribution < 1.29 is 9.59 Å². The van der Waals surface area contributed by atoms with E-state index in [1.807, 2.05) is 36.4 Å². The topological polar surface area (TPSA) is 23.1 Å². The molecule has 2 nitrogen and oxygen atoms in total. The van der Waals surface area contributed by atoms with E-state index in [9.17, 15) is 5.11 Å². The first-order valence-electron chi connectivity index (χ1n) is 12.0. The molecule has 0 radical (unpaired) electrons. The van der Waals surface area contributed by atoms with Crippen LogP contribution in [0.25, 0.3) is 11.1 Å². The maximum atomic E-state index is 14.1. The van der Waals surface area contributed by atoms with Crippen molar-refractivity contribution >= 4 is 22.6 Å². The van der Waals surface area contributed by atoms with E-state index >= 15 is 0 Å². The molecule has 5 rings (SSSR count). The number of fused-ring (bicyclic) bond motifs is 3. The minimum absolute atomic E-state index is 0.327. The maximum absolute atomic E-state index is 14.1. The Morgan fingerprint density at radius 2 is 1.58 bits per heavy atom. The Balaban J connectivity index is 1.34. The first kappa shape index (κ1) is 22.7. The molecule has 0 N–H and O–H groups in total. The van der Waals surface area contributed by atoms with Gasteiger partial charge in [-0.2, -0.15) is 0 Å². The van der Waals surface area contributed by atoms with Crippen LogP contribution in [0.4, 0.5) is 0 Å². The molecule has 3 aromatic carbocycles. The van der Waals surface area contributed by atoms with Crippen molar-refractivity contribution in [2.75, 3.05) is 26.2 Å². The Labute approximate surface area is 211 Å². The number of nitrogens with zero attached hydrogens (tertiary/aromatic N) is 1. The van der Waals surface area contributed by atoms with E-state index in [0.29, 0.717) is 12.3 Å². The summed E-state index contributed by atoms with van der Waals surface area (Å²) in [4.78, 5) is 0. The van der Waals surface area contributed by atoms with Gasteiger partial charge in [0.25, 0.3) is 0 Å². The molecule has 0 aromatic heterocycles. The van der Waals surface area contributed by atoms with Gasteiger partial charge in [0, 0.05) is 22.3 Å². The summed E-state index contributed by atoms with van der Waals surface area (Å²) in [5.41, 5.74) is 4.07. The molecular formula is C30H30INO. The normalized spacial score (nSPS) is 22.3. The minimum Gasteiger partial charge on any atom is -0.842 e. The molecule has 0 bridgehead atoms. The number of hydrogen-bond acceptors (Lipinski definition) is 1. The van der Waals surface area contributed by atoms with Crippen molar-refractivity contribution in [2.45, 2.75) is 37.7 Å². The summed E-state index contributed by atoms with van der Waals surface area (Å²) in [6.45, 7) is 6.59. The van der Waals surface area contributed by atoms with Gasteiger partial charge in [-0.05, 0) is 80.5 Å². The third kappa shape index (κ3) is 4.25. The molecule has 2 atom stereocenters. The molecule has 33 heavy (non-hydrogen) atoms. The summed E-state index contributed by atoms with van der Waals surface area (Å²) in [5.74, 6) is 7.42. The van der Waals surface area contributed by atoms with Crippen LogP contribution in [0, 0.1) is 15.4 Å². The van der Waals surface area contributed by atoms with Gasteiger partial charge < -0.3 is 9.59 Å². The molecule has 3 aromatic rings. The van der Waals surface area contributed by atoms with E-state index in [4.69, 9.17) is 0 Å². The highest BCUT2D eigenvalue weighted by Gasteiger charge is 2.38. The van der Waals surface area contributed by atoms with Crippen LogP contribution in [0.2, 0.25) is 0 Å². The Morgan fingerprint density at radius 1 is 0.939 bits per heavy atom. The Morgan fingerprint density at radius 3 is 2.21 bits per heavy atom. The molecular weight excluding hydrogens is 517 g/mol. The van der Waals surface area contributed by atoms with Gasteiger partial charge in [0.15, 0.2) is 0 Å². The van der Waals surface area contributed by atoms with E-state index in [2.05, 4.69) is 77.8 Å². The molecule has 3 heteroatoms. The summed E-state index contributed by atoms with van der Waals surface area (Å²) in [7, 11) is 0. The second kappa shape index (κ2) is 9.25. The summed E-state index contributed by atoms with van der Waals surface area (Å²) >= 11 is 2.37. The van der Waals surface area contributed by atoms with Crippen molar-refractivity contribution in [1.29, 1.82) is 0 Å². The molecule has 1 saturated heterocycles. The van der Waals surface area contributed by atoms with Crippen LogP contribution >= 0.6 is 22.6 Å². The van der Waals surface area contributed by atoms with Crippen molar-refractivity contribution in [1.82, 2.24) is 0 Å². The predicted octanol–water partition coefficient (Wildman–Crippen LogP) is 5.68. The Bertz CT molecular complexity index is 1160. The quantitative estimate of drug-likeness (QED) is 0.229. The summed E-state index contributed by atoms with van der Waals surface area (Å²) < 4.78 is 2.34. The van der Waals surface area contributed by atoms with Gasteiger partial charge in [0.1, 0.15) is 6.54 Å². The van der Waals surface area contributed by atoms with Crippen LogP contribution in [0.3, 0.4) is 0 Å². The summed E-state index contributed by atoms with van der Waals surface area (Å²) in [5, 5.41) is 14.1. The van der Waals surface area contributed by atoms with E-state index < -0.39 is 5.60 Å². The molecule has 1 aliphatic heterocycles. The van der Waals surface area contributed by atoms with Crippen molar-refractivity contribution in [3.05, 3.63) is 93.1 Å². The van der Waals surface area contributed by atoms with Gasteiger partial charge in [0.2, 0.25) is 0 Å². The molecule has 168 valence electrons. The number of quaternary nitrogens is 1. The summed E-state index contributed by atoms with van der Waals surface area (Å²) in [6, 6.07) is 25.1. The van der Waals surface area contributed by atoms with Gasteiger partial charge in [-0.25, -0.2) is 0 Å². The van der Waals surface area contributed by atoms with Crippen molar-refractivity contribution in [3.63, 3.8) is 0 Å². The smallest absolute Gasteiger partial charge is 0.140 e. The average molecular weight is 547 g/mol. The van der Waals surface area contributed by atoms with Crippen molar-refractivity contribution in [2.24, 2.45) is 0 Å². The van der Waals surface area contributed by atoms with Gasteiger partial charge in [-0.15, -0.1) is 0 Å². The molecule has 2 unspecified atom stereocenters. The van der Waals surface area contributed by atoms with E-state index in [1.54, 1.807) is 0 Å². The highest BCUT2D eigenvalue weighted by Crippen LogP contribution is 2.47. The number of hydrogen-bond donors (Lipinski definition) is 0. The third-order valence-electron chi connectivity index (χ3n) is 7.49. The van der Waals surface area contributed by atoms with Crippen LogP contribution in [-0.4, -0.2) is 30.7 Å². The molecule has 0 amide bonds. The van der Waals surface area contributed by atoms with E-state index in [-0.39, 0.29) is 0 Å². The Hall–Kier alpha value is -2.13. The predicted molar refractivity (Wildman–Crippen MR) is 142 cm³/mol. The number of likely N-dealkylation sites (tertiary alicyclic amines) is 1. The SMILES string of the molecule is CCC[N+]1(CC#CCC2([O-])c3ccccc3-c3ccccc32)CCC(c2ccc(I)cc2)C1. The van der Waals surface area contributed by atoms with Crippen LogP contribution in [0.15, 0.2) is 72.8 Å².